The van der Waals surface area contributed by atoms with Crippen molar-refractivity contribution in [2.75, 3.05) is 7.11 Å². The molecule has 2 rings (SSSR count). The molecule has 0 atom stereocenters. The van der Waals surface area contributed by atoms with Gasteiger partial charge in [0.25, 0.3) is 5.56 Å². The molecule has 7 heteroatoms. The fourth-order valence-electron chi connectivity index (χ4n) is 1.69. The van der Waals surface area contributed by atoms with Gasteiger partial charge in [-0.1, -0.05) is 0 Å². The fourth-order valence-corrected chi connectivity index (χ4v) is 1.69. The van der Waals surface area contributed by atoms with Gasteiger partial charge in [0.15, 0.2) is 11.5 Å². The van der Waals surface area contributed by atoms with E-state index in [1.54, 1.807) is 13.0 Å². The second-order valence-electron chi connectivity index (χ2n) is 3.92. The normalized spacial score (nSPS) is 11.6. The molecule has 0 amide bonds. The van der Waals surface area contributed by atoms with E-state index in [1.165, 1.54) is 13.2 Å². The maximum atomic E-state index is 12.3. The Morgan fingerprint density at radius 2 is 1.84 bits per heavy atom. The van der Waals surface area contributed by atoms with Gasteiger partial charge in [0.05, 0.1) is 12.6 Å². The van der Waals surface area contributed by atoms with Crippen LogP contribution in [0.1, 0.15) is 5.56 Å². The predicted octanol–water partition coefficient (Wildman–Crippen LogP) is 2.74. The molecule has 0 bridgehead atoms. The first-order valence-corrected chi connectivity index (χ1v) is 5.27. The molecule has 0 aliphatic rings. The van der Waals surface area contributed by atoms with E-state index in [0.717, 1.165) is 6.07 Å². The van der Waals surface area contributed by atoms with Crippen LogP contribution >= 0.6 is 0 Å². The number of hydrogen-bond acceptors (Lipinski definition) is 3. The molecule has 0 aliphatic carbocycles. The molecule has 2 aromatic rings. The van der Waals surface area contributed by atoms with Gasteiger partial charge in [0.1, 0.15) is 0 Å². The average molecular weight is 273 g/mol. The van der Waals surface area contributed by atoms with Crippen LogP contribution in [0.25, 0.3) is 10.9 Å². The number of methoxy groups -OCH3 is 1. The number of hydrogen-bond donors (Lipinski definition) is 1. The molecule has 0 fully saturated rings. The molecule has 1 aromatic carbocycles. The average Bonchev–Trinajstić information content (AvgIpc) is 2.28. The van der Waals surface area contributed by atoms with Gasteiger partial charge < -0.3 is 14.5 Å². The van der Waals surface area contributed by atoms with Crippen LogP contribution in [0.2, 0.25) is 0 Å². The number of pyridine rings is 1. The lowest BCUT2D eigenvalue weighted by atomic mass is 10.1. The van der Waals surface area contributed by atoms with E-state index in [-0.39, 0.29) is 16.8 Å². The van der Waals surface area contributed by atoms with Gasteiger partial charge in [0.2, 0.25) is 0 Å². The lowest BCUT2D eigenvalue weighted by molar-refractivity contribution is -0.275. The Balaban J connectivity index is 2.64. The molecule has 0 radical (unpaired) electrons. The second-order valence-corrected chi connectivity index (χ2v) is 3.92. The Bertz CT molecular complexity index is 676. The van der Waals surface area contributed by atoms with E-state index in [2.05, 4.69) is 9.72 Å². The Labute approximate surface area is 105 Å². The van der Waals surface area contributed by atoms with Gasteiger partial charge in [-0.2, -0.15) is 0 Å². The number of ether oxygens (including phenoxy) is 2. The van der Waals surface area contributed by atoms with Gasteiger partial charge in [-0.25, -0.2) is 0 Å². The van der Waals surface area contributed by atoms with Gasteiger partial charge in [-0.05, 0) is 19.1 Å². The van der Waals surface area contributed by atoms with E-state index < -0.39 is 12.1 Å². The molecule has 19 heavy (non-hydrogen) atoms. The summed E-state index contributed by atoms with van der Waals surface area (Å²) in [6.07, 6.45) is -4.83. The molecular formula is C12H10F3NO3. The minimum atomic E-state index is -4.83. The van der Waals surface area contributed by atoms with E-state index in [0.29, 0.717) is 10.9 Å². The first-order chi connectivity index (χ1) is 8.80. The SMILES string of the molecule is COc1cc2cc(C)c(=O)[nH]c2cc1OC(F)(F)F. The smallest absolute Gasteiger partial charge is 0.493 e. The zero-order valence-electron chi connectivity index (χ0n) is 10.1. The van der Waals surface area contributed by atoms with Crippen molar-refractivity contribution in [2.24, 2.45) is 0 Å². The maximum absolute atomic E-state index is 12.3. The van der Waals surface area contributed by atoms with Crippen molar-refractivity contribution in [3.05, 3.63) is 34.1 Å². The predicted molar refractivity (Wildman–Crippen MR) is 62.5 cm³/mol. The van der Waals surface area contributed by atoms with E-state index in [9.17, 15) is 18.0 Å². The van der Waals surface area contributed by atoms with Crippen LogP contribution in [0.3, 0.4) is 0 Å². The van der Waals surface area contributed by atoms with Crippen molar-refractivity contribution in [3.8, 4) is 11.5 Å². The van der Waals surface area contributed by atoms with Crippen LogP contribution in [-0.2, 0) is 0 Å². The van der Waals surface area contributed by atoms with Crippen LogP contribution in [-0.4, -0.2) is 18.5 Å². The molecule has 1 N–H and O–H groups in total. The van der Waals surface area contributed by atoms with Gasteiger partial charge in [-0.15, -0.1) is 13.2 Å². The summed E-state index contributed by atoms with van der Waals surface area (Å²) in [6, 6.07) is 4.02. The summed E-state index contributed by atoms with van der Waals surface area (Å²) in [5.41, 5.74) is 0.338. The number of aromatic nitrogens is 1. The Hall–Kier alpha value is -2.18. The number of fused-ring (bicyclic) bond motifs is 1. The largest absolute Gasteiger partial charge is 0.573 e. The topological polar surface area (TPSA) is 51.3 Å². The number of aromatic amines is 1. The van der Waals surface area contributed by atoms with Crippen LogP contribution in [0.5, 0.6) is 11.5 Å². The standard InChI is InChI=1S/C12H10F3NO3/c1-6-3-7-4-9(18-2)10(19-12(13,14)15)5-8(7)16-11(6)17/h3-5H,1-2H3,(H,16,17). The molecule has 1 heterocycles. The first kappa shape index (κ1) is 13.3. The molecule has 0 unspecified atom stereocenters. The molecule has 0 aliphatic heterocycles. The number of halogens is 3. The molecule has 1 aromatic heterocycles. The minimum Gasteiger partial charge on any atom is -0.493 e. The van der Waals surface area contributed by atoms with Crippen molar-refractivity contribution in [1.82, 2.24) is 4.98 Å². The van der Waals surface area contributed by atoms with Crippen molar-refractivity contribution in [2.45, 2.75) is 13.3 Å². The summed E-state index contributed by atoms with van der Waals surface area (Å²) in [5, 5.41) is 0.559. The summed E-state index contributed by atoms with van der Waals surface area (Å²) < 4.78 is 45.5. The van der Waals surface area contributed by atoms with Crippen molar-refractivity contribution in [3.63, 3.8) is 0 Å². The Morgan fingerprint density at radius 1 is 1.16 bits per heavy atom. The van der Waals surface area contributed by atoms with Gasteiger partial charge in [-0.3, -0.25) is 4.79 Å². The van der Waals surface area contributed by atoms with Gasteiger partial charge >= 0.3 is 6.36 Å². The first-order valence-electron chi connectivity index (χ1n) is 5.27. The Morgan fingerprint density at radius 3 is 2.42 bits per heavy atom. The lowest BCUT2D eigenvalue weighted by Gasteiger charge is -2.13. The third-order valence-electron chi connectivity index (χ3n) is 2.54. The third kappa shape index (κ3) is 2.81. The van der Waals surface area contributed by atoms with Crippen LogP contribution in [0.15, 0.2) is 23.0 Å². The molecule has 102 valence electrons. The van der Waals surface area contributed by atoms with Gasteiger partial charge in [0, 0.05) is 17.0 Å². The number of nitrogens with one attached hydrogen (secondary N) is 1. The van der Waals surface area contributed by atoms with Crippen LogP contribution < -0.4 is 15.0 Å². The highest BCUT2D eigenvalue weighted by Crippen LogP contribution is 2.35. The number of aryl methyl sites for hydroxylation is 1. The summed E-state index contributed by atoms with van der Waals surface area (Å²) in [6.45, 7) is 1.60. The van der Waals surface area contributed by atoms with Crippen molar-refractivity contribution >= 4 is 10.9 Å². The molecular weight excluding hydrogens is 263 g/mol. The third-order valence-corrected chi connectivity index (χ3v) is 2.54. The van der Waals surface area contributed by atoms with Crippen LogP contribution in [0.4, 0.5) is 13.2 Å². The van der Waals surface area contributed by atoms with E-state index >= 15 is 0 Å². The Kier molecular flexibility index (Phi) is 3.13. The summed E-state index contributed by atoms with van der Waals surface area (Å²) in [7, 11) is 1.24. The fraction of sp³-hybridized carbons (Fsp3) is 0.250. The number of alkyl halides is 3. The maximum Gasteiger partial charge on any atom is 0.573 e. The monoisotopic (exact) mass is 273 g/mol. The highest BCUT2D eigenvalue weighted by Gasteiger charge is 2.32. The molecule has 4 nitrogen and oxygen atoms in total. The number of H-pyrrole nitrogens is 1. The van der Waals surface area contributed by atoms with Crippen molar-refractivity contribution < 1.29 is 22.6 Å². The number of rotatable bonds is 2. The molecule has 0 saturated heterocycles. The van der Waals surface area contributed by atoms with E-state index in [1.807, 2.05) is 0 Å². The lowest BCUT2D eigenvalue weighted by Crippen LogP contribution is -2.18. The zero-order valence-corrected chi connectivity index (χ0v) is 10.1. The summed E-state index contributed by atoms with van der Waals surface area (Å²) in [5.74, 6) is -0.557. The summed E-state index contributed by atoms with van der Waals surface area (Å²) >= 11 is 0. The van der Waals surface area contributed by atoms with Crippen LogP contribution in [0, 0.1) is 6.92 Å². The second kappa shape index (κ2) is 4.49. The molecule has 0 saturated carbocycles. The quantitative estimate of drug-likeness (QED) is 0.915. The zero-order chi connectivity index (χ0) is 14.2. The van der Waals surface area contributed by atoms with E-state index in [4.69, 9.17) is 4.74 Å². The highest BCUT2D eigenvalue weighted by molar-refractivity contribution is 5.83. The van der Waals surface area contributed by atoms with Crippen molar-refractivity contribution in [1.29, 1.82) is 0 Å². The highest BCUT2D eigenvalue weighted by atomic mass is 19.4. The molecule has 0 spiro atoms. The summed E-state index contributed by atoms with van der Waals surface area (Å²) in [4.78, 5) is 13.9. The minimum absolute atomic E-state index is 0.0590. The number of benzene rings is 1.